The van der Waals surface area contributed by atoms with Gasteiger partial charge in [-0.3, -0.25) is 0 Å². The summed E-state index contributed by atoms with van der Waals surface area (Å²) >= 11 is 5.09. The van der Waals surface area contributed by atoms with E-state index in [9.17, 15) is 0 Å². The molecule has 23 heavy (non-hydrogen) atoms. The molecule has 0 aromatic rings. The van der Waals surface area contributed by atoms with Crippen LogP contribution in [-0.2, 0) is 4.74 Å². The molecule has 4 unspecified atom stereocenters. The van der Waals surface area contributed by atoms with Gasteiger partial charge in [0.05, 0.1) is 12.2 Å². The molecule has 1 nitrogen and oxygen atoms in total. The van der Waals surface area contributed by atoms with E-state index in [0.717, 1.165) is 7.85 Å². The van der Waals surface area contributed by atoms with Crippen molar-refractivity contribution in [3.05, 3.63) is 0 Å². The monoisotopic (exact) mass is 550 g/mol. The molecular formula is C20H40I2O. The summed E-state index contributed by atoms with van der Waals surface area (Å²) in [7, 11) is 0. The fraction of sp³-hybridized carbons (Fsp3) is 1.00. The maximum atomic E-state index is 6.61. The first-order chi connectivity index (χ1) is 11.0. The molecule has 0 aromatic heterocycles. The Hall–Kier alpha value is 1.42. The van der Waals surface area contributed by atoms with Gasteiger partial charge in [-0.1, -0.05) is 98.6 Å². The van der Waals surface area contributed by atoms with Crippen LogP contribution < -0.4 is 0 Å². The zero-order valence-corrected chi connectivity index (χ0v) is 20.3. The van der Waals surface area contributed by atoms with E-state index in [-0.39, 0.29) is 0 Å². The van der Waals surface area contributed by atoms with Crippen molar-refractivity contribution in [1.82, 2.24) is 0 Å². The lowest BCUT2D eigenvalue weighted by atomic mass is 10.0. The second kappa shape index (κ2) is 16.9. The highest BCUT2D eigenvalue weighted by molar-refractivity contribution is 14.1. The van der Waals surface area contributed by atoms with Crippen LogP contribution >= 0.6 is 45.2 Å². The van der Waals surface area contributed by atoms with E-state index in [2.05, 4.69) is 72.9 Å². The summed E-state index contributed by atoms with van der Waals surface area (Å²) < 4.78 is 8.20. The number of hydrogen-bond donors (Lipinski definition) is 0. The standard InChI is InChI=1S/C20H40I2O/c1-5-7-13-19(15-9-11-17(3)21)23-20(14-8-6-2)16-10-12-18(4)22/h17-20H,5-16H2,1-4H3. The molecule has 4 atom stereocenters. The van der Waals surface area contributed by atoms with Gasteiger partial charge in [0.2, 0.25) is 0 Å². The SMILES string of the molecule is CCCCC(CCCC(C)I)OC(CCCC)CCCC(C)I. The van der Waals surface area contributed by atoms with E-state index in [4.69, 9.17) is 4.74 Å². The molecule has 0 aliphatic heterocycles. The number of ether oxygens (including phenoxy) is 1. The molecule has 0 N–H and O–H groups in total. The van der Waals surface area contributed by atoms with Gasteiger partial charge >= 0.3 is 0 Å². The van der Waals surface area contributed by atoms with Crippen LogP contribution in [0, 0.1) is 0 Å². The van der Waals surface area contributed by atoms with Crippen LogP contribution in [0.15, 0.2) is 0 Å². The second-order valence-corrected chi connectivity index (χ2v) is 11.3. The normalized spacial score (nSPS) is 17.0. The van der Waals surface area contributed by atoms with Gasteiger partial charge in [-0.2, -0.15) is 0 Å². The van der Waals surface area contributed by atoms with Crippen LogP contribution in [0.25, 0.3) is 0 Å². The van der Waals surface area contributed by atoms with Crippen LogP contribution in [0.1, 0.15) is 105 Å². The average Bonchev–Trinajstić information content (AvgIpc) is 2.48. The maximum absolute atomic E-state index is 6.61. The molecule has 0 aromatic carbocycles. The molecule has 0 saturated carbocycles. The fourth-order valence-corrected chi connectivity index (χ4v) is 3.83. The highest BCUT2D eigenvalue weighted by atomic mass is 127. The number of halogens is 2. The summed E-state index contributed by atoms with van der Waals surface area (Å²) in [6.07, 6.45) is 16.6. The van der Waals surface area contributed by atoms with Crippen LogP contribution in [-0.4, -0.2) is 20.1 Å². The van der Waals surface area contributed by atoms with Crippen molar-refractivity contribution in [3.63, 3.8) is 0 Å². The Morgan fingerprint density at radius 1 is 0.609 bits per heavy atom. The Kier molecular flexibility index (Phi) is 17.9. The molecular weight excluding hydrogens is 510 g/mol. The van der Waals surface area contributed by atoms with E-state index in [1.54, 1.807) is 0 Å². The highest BCUT2D eigenvalue weighted by Gasteiger charge is 2.16. The van der Waals surface area contributed by atoms with Gasteiger partial charge in [-0.25, -0.2) is 0 Å². The predicted molar refractivity (Wildman–Crippen MR) is 122 cm³/mol. The van der Waals surface area contributed by atoms with Crippen LogP contribution in [0.4, 0.5) is 0 Å². The molecule has 0 radical (unpaired) electrons. The molecule has 0 amide bonds. The van der Waals surface area contributed by atoms with Gasteiger partial charge in [0.1, 0.15) is 0 Å². The number of unbranched alkanes of at least 4 members (excludes halogenated alkanes) is 2. The van der Waals surface area contributed by atoms with E-state index in [1.807, 2.05) is 0 Å². The minimum Gasteiger partial charge on any atom is -0.375 e. The first-order valence-electron chi connectivity index (χ1n) is 9.93. The lowest BCUT2D eigenvalue weighted by molar-refractivity contribution is -0.0318. The molecule has 0 aliphatic carbocycles. The highest BCUT2D eigenvalue weighted by Crippen LogP contribution is 2.22. The lowest BCUT2D eigenvalue weighted by Gasteiger charge is -2.26. The average molecular weight is 550 g/mol. The smallest absolute Gasteiger partial charge is 0.0578 e. The van der Waals surface area contributed by atoms with E-state index >= 15 is 0 Å². The van der Waals surface area contributed by atoms with Crippen molar-refractivity contribution in [2.45, 2.75) is 125 Å². The molecule has 3 heteroatoms. The summed E-state index contributed by atoms with van der Waals surface area (Å²) in [5.74, 6) is 0. The third-order valence-electron chi connectivity index (χ3n) is 4.40. The van der Waals surface area contributed by atoms with Crippen molar-refractivity contribution in [1.29, 1.82) is 0 Å². The van der Waals surface area contributed by atoms with Crippen molar-refractivity contribution < 1.29 is 4.74 Å². The summed E-state index contributed by atoms with van der Waals surface area (Å²) in [5, 5.41) is 0. The maximum Gasteiger partial charge on any atom is 0.0578 e. The molecule has 140 valence electrons. The first kappa shape index (κ1) is 24.4. The summed E-state index contributed by atoms with van der Waals surface area (Å²) in [6.45, 7) is 9.22. The second-order valence-electron chi connectivity index (χ2n) is 7.09. The Bertz CT molecular complexity index is 220. The largest absolute Gasteiger partial charge is 0.375 e. The molecule has 0 fully saturated rings. The Balaban J connectivity index is 4.35. The van der Waals surface area contributed by atoms with Gasteiger partial charge in [-0.05, 0) is 51.4 Å². The van der Waals surface area contributed by atoms with E-state index in [0.29, 0.717) is 12.2 Å². The third-order valence-corrected chi connectivity index (χ3v) is 5.65. The topological polar surface area (TPSA) is 9.23 Å². The minimum absolute atomic E-state index is 0.504. The van der Waals surface area contributed by atoms with Crippen molar-refractivity contribution in [2.75, 3.05) is 0 Å². The molecule has 0 rings (SSSR count). The van der Waals surface area contributed by atoms with Crippen molar-refractivity contribution in [3.8, 4) is 0 Å². The summed E-state index contributed by atoms with van der Waals surface area (Å²) in [4.78, 5) is 0. The van der Waals surface area contributed by atoms with Gasteiger partial charge in [-0.15, -0.1) is 0 Å². The Morgan fingerprint density at radius 2 is 0.957 bits per heavy atom. The fourth-order valence-electron chi connectivity index (χ4n) is 2.95. The van der Waals surface area contributed by atoms with Crippen LogP contribution in [0.5, 0.6) is 0 Å². The number of rotatable bonds is 16. The first-order valence-corrected chi connectivity index (χ1v) is 12.4. The molecule has 0 heterocycles. The summed E-state index contributed by atoms with van der Waals surface area (Å²) in [5.41, 5.74) is 0. The zero-order valence-electron chi connectivity index (χ0n) is 16.0. The molecule has 0 spiro atoms. The van der Waals surface area contributed by atoms with Crippen molar-refractivity contribution in [2.24, 2.45) is 0 Å². The van der Waals surface area contributed by atoms with E-state index < -0.39 is 0 Å². The lowest BCUT2D eigenvalue weighted by Crippen LogP contribution is -2.23. The number of hydrogen-bond acceptors (Lipinski definition) is 1. The molecule has 0 aliphatic rings. The summed E-state index contributed by atoms with van der Waals surface area (Å²) in [6, 6.07) is 0. The predicted octanol–water partition coefficient (Wildman–Crippen LogP) is 8.11. The Morgan fingerprint density at radius 3 is 1.26 bits per heavy atom. The van der Waals surface area contributed by atoms with Gasteiger partial charge in [0.15, 0.2) is 0 Å². The van der Waals surface area contributed by atoms with Crippen LogP contribution in [0.3, 0.4) is 0 Å². The Labute approximate surface area is 173 Å². The number of alkyl halides is 2. The minimum atomic E-state index is 0.504. The molecule has 0 saturated heterocycles. The quantitative estimate of drug-likeness (QED) is 0.139. The van der Waals surface area contributed by atoms with Gasteiger partial charge in [0.25, 0.3) is 0 Å². The van der Waals surface area contributed by atoms with E-state index in [1.165, 1.54) is 77.0 Å². The molecule has 0 bridgehead atoms. The zero-order chi connectivity index (χ0) is 17.5. The van der Waals surface area contributed by atoms with Crippen molar-refractivity contribution >= 4 is 45.2 Å². The van der Waals surface area contributed by atoms with Crippen LogP contribution in [0.2, 0.25) is 0 Å². The van der Waals surface area contributed by atoms with Gasteiger partial charge in [0, 0.05) is 7.85 Å². The third kappa shape index (κ3) is 16.6. The van der Waals surface area contributed by atoms with Gasteiger partial charge < -0.3 is 4.74 Å².